The number of piperazine rings is 1. The monoisotopic (exact) mass is 567 g/mol. The van der Waals surface area contributed by atoms with Gasteiger partial charge in [-0.25, -0.2) is 0 Å². The maximum absolute atomic E-state index is 11.4. The summed E-state index contributed by atoms with van der Waals surface area (Å²) in [5.74, 6) is 1.10. The lowest BCUT2D eigenvalue weighted by molar-refractivity contribution is 0.00246. The van der Waals surface area contributed by atoms with Gasteiger partial charge in [0.05, 0.1) is 18.9 Å². The predicted molar refractivity (Wildman–Crippen MR) is 168 cm³/mol. The Bertz CT molecular complexity index is 1010. The molecule has 7 heteroatoms. The molecule has 41 heavy (non-hydrogen) atoms. The van der Waals surface area contributed by atoms with Crippen molar-refractivity contribution in [1.29, 1.82) is 0 Å². The highest BCUT2D eigenvalue weighted by molar-refractivity contribution is 5.26. The molecule has 0 aromatic carbocycles. The summed E-state index contributed by atoms with van der Waals surface area (Å²) in [4.78, 5) is 2.64. The summed E-state index contributed by atoms with van der Waals surface area (Å²) >= 11 is 0. The van der Waals surface area contributed by atoms with Gasteiger partial charge < -0.3 is 26.2 Å². The highest BCUT2D eigenvalue weighted by atomic mass is 16.5. The van der Waals surface area contributed by atoms with Crippen LogP contribution >= 0.6 is 0 Å². The maximum atomic E-state index is 11.4. The number of nitrogens with two attached hydrogens (primary N) is 1. The van der Waals surface area contributed by atoms with Gasteiger partial charge in [-0.1, -0.05) is 41.9 Å². The lowest BCUT2D eigenvalue weighted by atomic mass is 9.75. The van der Waals surface area contributed by atoms with Crippen LogP contribution in [0.25, 0.3) is 0 Å². The summed E-state index contributed by atoms with van der Waals surface area (Å²) in [5, 5.41) is 21.8. The number of hydrogen-bond acceptors (Lipinski definition) is 7. The molecule has 2 fully saturated rings. The molecule has 0 spiro atoms. The molecule has 7 atom stereocenters. The molecule has 230 valence electrons. The highest BCUT2D eigenvalue weighted by Crippen LogP contribution is 2.39. The SMILES string of the molecule is CC[C@@H]1CC(CO[C@H]2CCC[C@@H]2N[C@H](O)[C@H]2CC([C@@H]3CC=C(C(C)(C)N4CCNCC4)CC3)=CN[C@H]2N)=CC=C1C. The van der Waals surface area contributed by atoms with Crippen molar-refractivity contribution in [2.75, 3.05) is 32.8 Å². The largest absolute Gasteiger partial charge is 0.378 e. The van der Waals surface area contributed by atoms with Crippen LogP contribution in [0, 0.1) is 17.8 Å². The Balaban J connectivity index is 1.13. The van der Waals surface area contributed by atoms with Crippen LogP contribution in [-0.4, -0.2) is 72.9 Å². The van der Waals surface area contributed by atoms with Crippen molar-refractivity contribution in [2.45, 2.75) is 116 Å². The summed E-state index contributed by atoms with van der Waals surface area (Å²) < 4.78 is 6.45. The van der Waals surface area contributed by atoms with Crippen LogP contribution < -0.4 is 21.7 Å². The molecule has 5 rings (SSSR count). The van der Waals surface area contributed by atoms with Crippen molar-refractivity contribution in [3.8, 4) is 0 Å². The Morgan fingerprint density at radius 1 is 1.17 bits per heavy atom. The predicted octanol–water partition coefficient (Wildman–Crippen LogP) is 4.32. The quantitative estimate of drug-likeness (QED) is 0.198. The molecule has 1 saturated carbocycles. The Hall–Kier alpha value is -1.48. The van der Waals surface area contributed by atoms with Crippen LogP contribution in [0.3, 0.4) is 0 Å². The number of ether oxygens (including phenoxy) is 1. The first kappa shape index (κ1) is 31.0. The van der Waals surface area contributed by atoms with Crippen LogP contribution in [0.4, 0.5) is 0 Å². The van der Waals surface area contributed by atoms with E-state index in [-0.39, 0.29) is 29.8 Å². The van der Waals surface area contributed by atoms with Gasteiger partial charge in [-0.05, 0) is 102 Å². The Morgan fingerprint density at radius 3 is 2.71 bits per heavy atom. The standard InChI is InChI=1S/C34H57N5O2/c1-5-25-19-24(10-9-23(25)2)22-41-31-8-6-7-30(31)38-33(40)29-20-27(21-37-32(29)35)26-11-13-28(14-12-26)34(3,4)39-17-15-36-16-18-39/h9-10,13,21,25-26,29-33,36-38,40H,5-8,11-12,14-20,22,35H2,1-4H3/t25-,26-,29+,30+,31+,32-,33-/m1/s1. The van der Waals surface area contributed by atoms with Crippen molar-refractivity contribution in [1.82, 2.24) is 20.9 Å². The van der Waals surface area contributed by atoms with Crippen LogP contribution in [0.5, 0.6) is 0 Å². The third-order valence-electron chi connectivity index (χ3n) is 11.0. The second kappa shape index (κ2) is 13.9. The van der Waals surface area contributed by atoms with E-state index in [9.17, 15) is 5.11 Å². The fraction of sp³-hybridized carbons (Fsp3) is 0.765. The van der Waals surface area contributed by atoms with Crippen LogP contribution in [0.15, 0.2) is 46.7 Å². The van der Waals surface area contributed by atoms with E-state index in [0.29, 0.717) is 18.4 Å². The average molecular weight is 568 g/mol. The maximum Gasteiger partial charge on any atom is 0.111 e. The normalized spacial score (nSPS) is 34.3. The number of rotatable bonds is 10. The van der Waals surface area contributed by atoms with Crippen molar-refractivity contribution >= 4 is 0 Å². The molecule has 2 heterocycles. The van der Waals surface area contributed by atoms with Crippen molar-refractivity contribution in [3.05, 3.63) is 46.7 Å². The first-order valence-electron chi connectivity index (χ1n) is 16.5. The van der Waals surface area contributed by atoms with E-state index in [0.717, 1.165) is 71.1 Å². The molecule has 7 nitrogen and oxygen atoms in total. The van der Waals surface area contributed by atoms with Gasteiger partial charge >= 0.3 is 0 Å². The van der Waals surface area contributed by atoms with Crippen molar-refractivity contribution in [2.24, 2.45) is 23.5 Å². The van der Waals surface area contributed by atoms with Crippen molar-refractivity contribution in [3.63, 3.8) is 0 Å². The highest BCUT2D eigenvalue weighted by Gasteiger charge is 2.38. The van der Waals surface area contributed by atoms with Crippen LogP contribution in [-0.2, 0) is 4.74 Å². The van der Waals surface area contributed by atoms with E-state index in [1.165, 1.54) is 29.6 Å². The number of allylic oxidation sites excluding steroid dienone is 5. The first-order chi connectivity index (χ1) is 19.8. The third-order valence-corrected chi connectivity index (χ3v) is 11.0. The van der Waals surface area contributed by atoms with Gasteiger partial charge in [0, 0.05) is 43.7 Å². The van der Waals surface area contributed by atoms with Crippen LogP contribution in [0.1, 0.15) is 85.5 Å². The fourth-order valence-electron chi connectivity index (χ4n) is 7.91. The lowest BCUT2D eigenvalue weighted by Crippen LogP contribution is -2.56. The van der Waals surface area contributed by atoms with Gasteiger partial charge in [0.2, 0.25) is 0 Å². The minimum absolute atomic E-state index is 0.0570. The molecular formula is C34H57N5O2. The molecule has 0 radical (unpaired) electrons. The Morgan fingerprint density at radius 2 is 1.98 bits per heavy atom. The second-order valence-electron chi connectivity index (χ2n) is 13.8. The van der Waals surface area contributed by atoms with Gasteiger partial charge in [0.15, 0.2) is 0 Å². The topological polar surface area (TPSA) is 94.8 Å². The van der Waals surface area contributed by atoms with E-state index in [4.69, 9.17) is 10.5 Å². The molecule has 0 amide bonds. The molecular weight excluding hydrogens is 510 g/mol. The molecule has 0 aromatic rings. The zero-order valence-electron chi connectivity index (χ0n) is 26.1. The third kappa shape index (κ3) is 7.36. The zero-order chi connectivity index (χ0) is 29.0. The van der Waals surface area contributed by atoms with Gasteiger partial charge in [-0.2, -0.15) is 0 Å². The number of nitrogens with zero attached hydrogens (tertiary/aromatic N) is 1. The minimum atomic E-state index is -0.652. The summed E-state index contributed by atoms with van der Waals surface area (Å²) in [5.41, 5.74) is 12.5. The fourth-order valence-corrected chi connectivity index (χ4v) is 7.91. The molecule has 0 unspecified atom stereocenters. The molecule has 5 aliphatic rings. The number of aliphatic hydroxyl groups excluding tert-OH is 1. The van der Waals surface area contributed by atoms with Gasteiger partial charge in [0.1, 0.15) is 6.23 Å². The van der Waals surface area contributed by atoms with E-state index in [1.807, 2.05) is 0 Å². The van der Waals surface area contributed by atoms with E-state index in [1.54, 1.807) is 5.57 Å². The van der Waals surface area contributed by atoms with Gasteiger partial charge in [0.25, 0.3) is 0 Å². The lowest BCUT2D eigenvalue weighted by Gasteiger charge is -2.45. The smallest absolute Gasteiger partial charge is 0.111 e. The summed E-state index contributed by atoms with van der Waals surface area (Å²) in [6.45, 7) is 14.4. The minimum Gasteiger partial charge on any atom is -0.378 e. The first-order valence-corrected chi connectivity index (χ1v) is 16.5. The Labute approximate surface area is 249 Å². The zero-order valence-corrected chi connectivity index (χ0v) is 26.1. The van der Waals surface area contributed by atoms with E-state index in [2.05, 4.69) is 73.0 Å². The van der Waals surface area contributed by atoms with Gasteiger partial charge in [-0.15, -0.1) is 0 Å². The van der Waals surface area contributed by atoms with E-state index >= 15 is 0 Å². The summed E-state index contributed by atoms with van der Waals surface area (Å²) in [6, 6.07) is 0.169. The summed E-state index contributed by atoms with van der Waals surface area (Å²) in [6.07, 6.45) is 18.1. The molecule has 1 saturated heterocycles. The van der Waals surface area contributed by atoms with Crippen LogP contribution in [0.2, 0.25) is 0 Å². The number of hydrogen-bond donors (Lipinski definition) is 5. The number of aliphatic hydroxyl groups is 1. The molecule has 0 bridgehead atoms. The molecule has 2 aliphatic heterocycles. The Kier molecular flexibility index (Phi) is 10.5. The average Bonchev–Trinajstić information content (AvgIpc) is 3.44. The summed E-state index contributed by atoms with van der Waals surface area (Å²) in [7, 11) is 0. The second-order valence-corrected chi connectivity index (χ2v) is 13.8. The van der Waals surface area contributed by atoms with Crippen molar-refractivity contribution < 1.29 is 9.84 Å². The van der Waals surface area contributed by atoms with E-state index < -0.39 is 6.23 Å². The molecule has 3 aliphatic carbocycles. The molecule has 0 aromatic heterocycles. The molecule has 6 N–H and O–H groups in total. The van der Waals surface area contributed by atoms with Gasteiger partial charge in [-0.3, -0.25) is 10.2 Å². The number of nitrogens with one attached hydrogen (secondary N) is 3.